The van der Waals surface area contributed by atoms with Crippen molar-refractivity contribution in [2.45, 2.75) is 19.6 Å². The molecule has 0 aliphatic carbocycles. The molecule has 11 heteroatoms. The van der Waals surface area contributed by atoms with Crippen molar-refractivity contribution in [3.05, 3.63) is 91.8 Å². The van der Waals surface area contributed by atoms with Crippen LogP contribution >= 0.6 is 0 Å². The molecule has 0 atom stereocenters. The van der Waals surface area contributed by atoms with E-state index in [9.17, 15) is 27.6 Å². The first-order valence-corrected chi connectivity index (χ1v) is 10.5. The second-order valence-corrected chi connectivity index (χ2v) is 7.87. The van der Waals surface area contributed by atoms with Crippen LogP contribution in [0, 0.1) is 6.92 Å². The Bertz CT molecular complexity index is 1320. The summed E-state index contributed by atoms with van der Waals surface area (Å²) in [5.74, 6) is -0.716. The first-order valence-electron chi connectivity index (χ1n) is 10.5. The average molecular weight is 474 g/mol. The van der Waals surface area contributed by atoms with Crippen molar-refractivity contribution in [2.75, 3.05) is 26.3 Å². The van der Waals surface area contributed by atoms with Crippen LogP contribution in [0.1, 0.15) is 27.2 Å². The number of alkyl halides is 3. The zero-order valence-electron chi connectivity index (χ0n) is 18.2. The van der Waals surface area contributed by atoms with Gasteiger partial charge in [0.25, 0.3) is 11.5 Å². The number of rotatable bonds is 4. The molecule has 8 nitrogen and oxygen atoms in total. The van der Waals surface area contributed by atoms with E-state index in [1.165, 1.54) is 11.0 Å². The summed E-state index contributed by atoms with van der Waals surface area (Å²) < 4.78 is 46.5. The molecule has 34 heavy (non-hydrogen) atoms. The zero-order chi connectivity index (χ0) is 24.5. The van der Waals surface area contributed by atoms with Crippen LogP contribution in [0.4, 0.5) is 13.2 Å². The summed E-state index contributed by atoms with van der Waals surface area (Å²) in [6.07, 6.45) is -4.65. The van der Waals surface area contributed by atoms with Crippen molar-refractivity contribution in [3.8, 4) is 5.69 Å². The number of amides is 1. The first kappa shape index (κ1) is 23.4. The van der Waals surface area contributed by atoms with Gasteiger partial charge in [0.15, 0.2) is 0 Å². The highest BCUT2D eigenvalue weighted by Gasteiger charge is 2.31. The lowest BCUT2D eigenvalue weighted by Crippen LogP contribution is -2.48. The third kappa shape index (κ3) is 4.79. The summed E-state index contributed by atoms with van der Waals surface area (Å²) in [5, 5.41) is 3.93. The van der Waals surface area contributed by atoms with Crippen LogP contribution in [0.2, 0.25) is 0 Å². The molecule has 0 N–H and O–H groups in total. The summed E-state index contributed by atoms with van der Waals surface area (Å²) in [5.41, 5.74) is -2.05. The molecule has 4 rings (SSSR count). The number of halogens is 3. The normalized spacial score (nSPS) is 14.3. The molecule has 0 spiro atoms. The van der Waals surface area contributed by atoms with Gasteiger partial charge in [-0.05, 0) is 30.7 Å². The predicted molar refractivity (Wildman–Crippen MR) is 116 cm³/mol. The predicted octanol–water partition coefficient (Wildman–Crippen LogP) is 2.24. The second-order valence-electron chi connectivity index (χ2n) is 7.87. The van der Waals surface area contributed by atoms with E-state index < -0.39 is 34.6 Å². The molecule has 0 saturated carbocycles. The third-order valence-electron chi connectivity index (χ3n) is 5.44. The number of carbonyl (C=O) groups excluding carboxylic acids is 1. The van der Waals surface area contributed by atoms with Gasteiger partial charge in [0, 0.05) is 13.1 Å². The number of ether oxygens (including phenoxy) is 1. The molecule has 0 radical (unpaired) electrons. The van der Waals surface area contributed by atoms with E-state index in [1.54, 1.807) is 24.3 Å². The number of carbonyl (C=O) groups is 1. The van der Waals surface area contributed by atoms with Gasteiger partial charge in [0.05, 0.1) is 31.0 Å². The fourth-order valence-corrected chi connectivity index (χ4v) is 3.56. The second kappa shape index (κ2) is 9.26. The number of morpholine rings is 1. The van der Waals surface area contributed by atoms with Crippen LogP contribution in [0.15, 0.2) is 58.1 Å². The Morgan fingerprint density at radius 3 is 2.38 bits per heavy atom. The molecule has 0 bridgehead atoms. The molecule has 2 aromatic carbocycles. The van der Waals surface area contributed by atoms with Crippen LogP contribution in [-0.4, -0.2) is 51.5 Å². The van der Waals surface area contributed by atoms with Crippen molar-refractivity contribution >= 4 is 5.91 Å². The van der Waals surface area contributed by atoms with Gasteiger partial charge in [-0.25, -0.2) is 4.79 Å². The molecule has 1 fully saturated rings. The van der Waals surface area contributed by atoms with E-state index >= 15 is 0 Å². The fraction of sp³-hybridized carbons (Fsp3) is 0.304. The van der Waals surface area contributed by atoms with Crippen LogP contribution < -0.4 is 11.2 Å². The van der Waals surface area contributed by atoms with E-state index in [0.717, 1.165) is 28.3 Å². The van der Waals surface area contributed by atoms with Gasteiger partial charge in [0.1, 0.15) is 0 Å². The largest absolute Gasteiger partial charge is 0.416 e. The first-order chi connectivity index (χ1) is 16.1. The van der Waals surface area contributed by atoms with Gasteiger partial charge in [-0.1, -0.05) is 35.9 Å². The van der Waals surface area contributed by atoms with Gasteiger partial charge in [-0.3, -0.25) is 14.2 Å². The quantitative estimate of drug-likeness (QED) is 0.579. The van der Waals surface area contributed by atoms with E-state index in [4.69, 9.17) is 4.74 Å². The Morgan fingerprint density at radius 1 is 1.06 bits per heavy atom. The number of nitrogens with zero attached hydrogens (tertiary/aromatic N) is 4. The Kier molecular flexibility index (Phi) is 6.38. The summed E-state index contributed by atoms with van der Waals surface area (Å²) in [7, 11) is 0. The van der Waals surface area contributed by atoms with Crippen molar-refractivity contribution in [2.24, 2.45) is 0 Å². The van der Waals surface area contributed by atoms with E-state index in [0.29, 0.717) is 10.2 Å². The van der Waals surface area contributed by atoms with E-state index in [1.807, 2.05) is 6.92 Å². The zero-order valence-corrected chi connectivity index (χ0v) is 18.2. The molecular formula is C23H21F3N4O4. The van der Waals surface area contributed by atoms with Crippen molar-refractivity contribution in [1.82, 2.24) is 19.2 Å². The van der Waals surface area contributed by atoms with Crippen LogP contribution in [0.5, 0.6) is 0 Å². The molecule has 1 aliphatic heterocycles. The SMILES string of the molecule is Cc1ccc(Cn2c(=O)c(C(=O)N3CCOCC3)nn(-c3cccc(C(F)(F)F)c3)c2=O)cc1. The van der Waals surface area contributed by atoms with Crippen molar-refractivity contribution in [3.63, 3.8) is 0 Å². The van der Waals surface area contributed by atoms with Crippen molar-refractivity contribution < 1.29 is 22.7 Å². The summed E-state index contributed by atoms with van der Waals surface area (Å²) in [6.45, 7) is 2.69. The maximum absolute atomic E-state index is 13.3. The lowest BCUT2D eigenvalue weighted by atomic mass is 10.1. The molecule has 1 amide bonds. The molecule has 2 heterocycles. The Morgan fingerprint density at radius 2 is 1.74 bits per heavy atom. The summed E-state index contributed by atoms with van der Waals surface area (Å²) in [4.78, 5) is 40.8. The molecule has 1 aliphatic rings. The van der Waals surface area contributed by atoms with Crippen LogP contribution in [-0.2, 0) is 17.5 Å². The van der Waals surface area contributed by atoms with Crippen LogP contribution in [0.3, 0.4) is 0 Å². The maximum atomic E-state index is 13.3. The lowest BCUT2D eigenvalue weighted by Gasteiger charge is -2.26. The Balaban J connectivity index is 1.88. The highest BCUT2D eigenvalue weighted by Crippen LogP contribution is 2.30. The van der Waals surface area contributed by atoms with Crippen LogP contribution in [0.25, 0.3) is 5.69 Å². The minimum atomic E-state index is -4.65. The Hall–Kier alpha value is -3.73. The minimum Gasteiger partial charge on any atom is -0.378 e. The number of aryl methyl sites for hydroxylation is 1. The van der Waals surface area contributed by atoms with E-state index in [2.05, 4.69) is 5.10 Å². The number of hydrogen-bond donors (Lipinski definition) is 0. The number of aromatic nitrogens is 3. The summed E-state index contributed by atoms with van der Waals surface area (Å²) in [6, 6.07) is 11.0. The number of benzene rings is 2. The maximum Gasteiger partial charge on any atom is 0.416 e. The molecule has 1 aromatic heterocycles. The van der Waals surface area contributed by atoms with Gasteiger partial charge in [-0.15, -0.1) is 0 Å². The average Bonchev–Trinajstić information content (AvgIpc) is 2.83. The molecule has 0 unspecified atom stereocenters. The lowest BCUT2D eigenvalue weighted by molar-refractivity contribution is -0.137. The molecule has 3 aromatic rings. The smallest absolute Gasteiger partial charge is 0.378 e. The van der Waals surface area contributed by atoms with Crippen molar-refractivity contribution in [1.29, 1.82) is 0 Å². The Labute approximate surface area is 191 Å². The topological polar surface area (TPSA) is 86.4 Å². The third-order valence-corrected chi connectivity index (χ3v) is 5.44. The van der Waals surface area contributed by atoms with Gasteiger partial charge in [-0.2, -0.15) is 23.0 Å². The minimum absolute atomic E-state index is 0.178. The van der Waals surface area contributed by atoms with E-state index in [-0.39, 0.29) is 38.5 Å². The fourth-order valence-electron chi connectivity index (χ4n) is 3.56. The highest BCUT2D eigenvalue weighted by atomic mass is 19.4. The van der Waals surface area contributed by atoms with Gasteiger partial charge in [0.2, 0.25) is 5.69 Å². The monoisotopic (exact) mass is 474 g/mol. The van der Waals surface area contributed by atoms with Gasteiger partial charge < -0.3 is 9.64 Å². The molecule has 1 saturated heterocycles. The van der Waals surface area contributed by atoms with Gasteiger partial charge >= 0.3 is 11.9 Å². The standard InChI is InChI=1S/C23H21F3N4O4/c1-15-5-7-16(8-6-15)14-29-21(32)19(20(31)28-9-11-34-12-10-28)27-30(22(29)33)18-4-2-3-17(13-18)23(24,25)26/h2-8,13H,9-12,14H2,1H3. The molecular weight excluding hydrogens is 453 g/mol. The number of hydrogen-bond acceptors (Lipinski definition) is 5. The molecule has 178 valence electrons. The highest BCUT2D eigenvalue weighted by molar-refractivity contribution is 5.91. The summed E-state index contributed by atoms with van der Waals surface area (Å²) >= 11 is 0.